The van der Waals surface area contributed by atoms with Gasteiger partial charge in [0.25, 0.3) is 0 Å². The van der Waals surface area contributed by atoms with Crippen molar-refractivity contribution < 1.29 is 9.13 Å². The third-order valence-corrected chi connectivity index (χ3v) is 5.09. The summed E-state index contributed by atoms with van der Waals surface area (Å²) in [5, 5.41) is 4.29. The Morgan fingerprint density at radius 3 is 2.60 bits per heavy atom. The number of morpholine rings is 1. The van der Waals surface area contributed by atoms with Gasteiger partial charge in [-0.05, 0) is 18.4 Å². The zero-order valence-corrected chi connectivity index (χ0v) is 14.4. The van der Waals surface area contributed by atoms with Crippen LogP contribution in [0.25, 0.3) is 0 Å². The number of aromatic nitrogens is 4. The first-order chi connectivity index (χ1) is 12.2. The molecule has 2 aliphatic heterocycles. The van der Waals surface area contributed by atoms with Gasteiger partial charge < -0.3 is 9.64 Å². The van der Waals surface area contributed by atoms with Crippen molar-refractivity contribution in [3.8, 4) is 0 Å². The van der Waals surface area contributed by atoms with E-state index in [9.17, 15) is 4.39 Å². The van der Waals surface area contributed by atoms with E-state index in [1.54, 1.807) is 0 Å². The van der Waals surface area contributed by atoms with Crippen molar-refractivity contribution in [3.63, 3.8) is 0 Å². The topological polar surface area (TPSA) is 59.3 Å². The predicted octanol–water partition coefficient (Wildman–Crippen LogP) is 0.871. The molecule has 0 N–H and O–H groups in total. The van der Waals surface area contributed by atoms with Gasteiger partial charge >= 0.3 is 0 Å². The van der Waals surface area contributed by atoms with Crippen molar-refractivity contribution in [2.75, 3.05) is 37.7 Å². The van der Waals surface area contributed by atoms with E-state index in [1.807, 2.05) is 17.9 Å². The minimum absolute atomic E-state index is 0.243. The van der Waals surface area contributed by atoms with Gasteiger partial charge in [-0.25, -0.2) is 14.4 Å². The van der Waals surface area contributed by atoms with E-state index in [0.29, 0.717) is 12.0 Å². The molecule has 0 spiro atoms. The van der Waals surface area contributed by atoms with Gasteiger partial charge in [0, 0.05) is 38.9 Å². The molecule has 4 heterocycles. The Hall–Kier alpha value is -2.06. The summed E-state index contributed by atoms with van der Waals surface area (Å²) >= 11 is 0. The van der Waals surface area contributed by atoms with Crippen LogP contribution in [0.5, 0.6) is 0 Å². The average Bonchev–Trinajstić information content (AvgIpc) is 3.23. The second kappa shape index (κ2) is 7.05. The van der Waals surface area contributed by atoms with Crippen LogP contribution in [0.3, 0.4) is 0 Å². The molecule has 2 aliphatic rings. The maximum Gasteiger partial charge on any atom is 0.225 e. The molecular weight excluding hydrogens is 323 g/mol. The number of rotatable bonds is 4. The van der Waals surface area contributed by atoms with Gasteiger partial charge in [-0.15, -0.1) is 0 Å². The number of ether oxygens (including phenoxy) is 1. The van der Waals surface area contributed by atoms with Crippen LogP contribution >= 0.6 is 0 Å². The second-order valence-corrected chi connectivity index (χ2v) is 6.69. The Morgan fingerprint density at radius 1 is 1.16 bits per heavy atom. The van der Waals surface area contributed by atoms with Crippen LogP contribution in [-0.2, 0) is 18.2 Å². The SMILES string of the molecule is Cn1cc(C[C@@H]2[C@H](N3CCOCC3)CCN2c2ncc(F)cn2)cn1. The van der Waals surface area contributed by atoms with Crippen LogP contribution in [0.2, 0.25) is 0 Å². The number of hydrogen-bond donors (Lipinski definition) is 0. The molecule has 2 aromatic rings. The van der Waals surface area contributed by atoms with Crippen LogP contribution in [0.1, 0.15) is 12.0 Å². The summed E-state index contributed by atoms with van der Waals surface area (Å²) in [6.07, 6.45) is 8.37. The highest BCUT2D eigenvalue weighted by Gasteiger charge is 2.39. The standard InChI is InChI=1S/C17H23FN6O/c1-22-12-13(9-21-22)8-16-15(23-4-6-25-7-5-23)2-3-24(16)17-19-10-14(18)11-20-17/h9-12,15-16H,2-8H2,1H3/t15-,16-/m1/s1. The second-order valence-electron chi connectivity index (χ2n) is 6.69. The Balaban J connectivity index is 1.59. The van der Waals surface area contributed by atoms with E-state index in [1.165, 1.54) is 18.0 Å². The summed E-state index contributed by atoms with van der Waals surface area (Å²) in [4.78, 5) is 13.1. The molecule has 7 nitrogen and oxygen atoms in total. The van der Waals surface area contributed by atoms with E-state index in [-0.39, 0.29) is 6.04 Å². The summed E-state index contributed by atoms with van der Waals surface area (Å²) in [5.74, 6) is 0.197. The van der Waals surface area contributed by atoms with E-state index >= 15 is 0 Å². The Labute approximate surface area is 146 Å². The van der Waals surface area contributed by atoms with Crippen molar-refractivity contribution in [2.24, 2.45) is 7.05 Å². The average molecular weight is 346 g/mol. The molecule has 0 saturated carbocycles. The normalized spacial score (nSPS) is 24.8. The summed E-state index contributed by atoms with van der Waals surface area (Å²) in [7, 11) is 1.93. The fourth-order valence-electron chi connectivity index (χ4n) is 3.94. The number of nitrogens with zero attached hydrogens (tertiary/aromatic N) is 6. The lowest BCUT2D eigenvalue weighted by Crippen LogP contribution is -2.50. The van der Waals surface area contributed by atoms with E-state index in [4.69, 9.17) is 4.74 Å². The first-order valence-electron chi connectivity index (χ1n) is 8.74. The molecule has 2 saturated heterocycles. The molecule has 134 valence electrons. The van der Waals surface area contributed by atoms with E-state index in [2.05, 4.69) is 31.1 Å². The molecule has 0 unspecified atom stereocenters. The molecule has 0 radical (unpaired) electrons. The maximum atomic E-state index is 13.2. The predicted molar refractivity (Wildman–Crippen MR) is 90.8 cm³/mol. The van der Waals surface area contributed by atoms with Crippen molar-refractivity contribution in [3.05, 3.63) is 36.2 Å². The summed E-state index contributed by atoms with van der Waals surface area (Å²) < 4.78 is 20.5. The zero-order chi connectivity index (χ0) is 17.2. The third-order valence-electron chi connectivity index (χ3n) is 5.09. The highest BCUT2D eigenvalue weighted by molar-refractivity contribution is 5.35. The third kappa shape index (κ3) is 3.50. The molecule has 0 aliphatic carbocycles. The molecule has 2 atom stereocenters. The van der Waals surface area contributed by atoms with Gasteiger partial charge in [0.05, 0.1) is 37.8 Å². The molecule has 8 heteroatoms. The van der Waals surface area contributed by atoms with Crippen molar-refractivity contribution >= 4 is 5.95 Å². The first-order valence-corrected chi connectivity index (χ1v) is 8.74. The highest BCUT2D eigenvalue weighted by Crippen LogP contribution is 2.29. The lowest BCUT2D eigenvalue weighted by atomic mass is 10.0. The smallest absolute Gasteiger partial charge is 0.225 e. The fourth-order valence-corrected chi connectivity index (χ4v) is 3.94. The van der Waals surface area contributed by atoms with Crippen molar-refractivity contribution in [1.29, 1.82) is 0 Å². The Morgan fingerprint density at radius 2 is 1.92 bits per heavy atom. The lowest BCUT2D eigenvalue weighted by Gasteiger charge is -2.37. The zero-order valence-electron chi connectivity index (χ0n) is 14.4. The number of hydrogen-bond acceptors (Lipinski definition) is 6. The monoisotopic (exact) mass is 346 g/mol. The minimum Gasteiger partial charge on any atom is -0.379 e. The molecule has 2 fully saturated rings. The molecule has 2 aromatic heterocycles. The number of aryl methyl sites for hydroxylation is 1. The molecule has 4 rings (SSSR count). The molecule has 0 bridgehead atoms. The minimum atomic E-state index is -0.406. The summed E-state index contributed by atoms with van der Waals surface area (Å²) in [6.45, 7) is 4.34. The summed E-state index contributed by atoms with van der Waals surface area (Å²) in [6, 6.07) is 0.658. The van der Waals surface area contributed by atoms with Crippen LogP contribution in [0, 0.1) is 5.82 Å². The van der Waals surface area contributed by atoms with Gasteiger partial charge in [0.2, 0.25) is 5.95 Å². The number of anilines is 1. The first kappa shape index (κ1) is 16.4. The van der Waals surface area contributed by atoms with Crippen molar-refractivity contribution in [2.45, 2.75) is 24.9 Å². The van der Waals surface area contributed by atoms with Gasteiger partial charge in [-0.1, -0.05) is 0 Å². The maximum absolute atomic E-state index is 13.2. The quantitative estimate of drug-likeness (QED) is 0.819. The molecule has 0 amide bonds. The lowest BCUT2D eigenvalue weighted by molar-refractivity contribution is 0.0149. The van der Waals surface area contributed by atoms with Crippen LogP contribution < -0.4 is 4.90 Å². The highest BCUT2D eigenvalue weighted by atomic mass is 19.1. The summed E-state index contributed by atoms with van der Waals surface area (Å²) in [5.41, 5.74) is 1.19. The fraction of sp³-hybridized carbons (Fsp3) is 0.588. The van der Waals surface area contributed by atoms with Crippen LogP contribution in [0.4, 0.5) is 10.3 Å². The Bertz CT molecular complexity index is 699. The van der Waals surface area contributed by atoms with Crippen LogP contribution in [0.15, 0.2) is 24.8 Å². The van der Waals surface area contributed by atoms with Crippen molar-refractivity contribution in [1.82, 2.24) is 24.6 Å². The largest absolute Gasteiger partial charge is 0.379 e. The Kier molecular flexibility index (Phi) is 4.63. The van der Waals surface area contributed by atoms with Gasteiger partial charge in [0.15, 0.2) is 5.82 Å². The van der Waals surface area contributed by atoms with Gasteiger partial charge in [0.1, 0.15) is 0 Å². The van der Waals surface area contributed by atoms with Gasteiger partial charge in [-0.3, -0.25) is 9.58 Å². The van der Waals surface area contributed by atoms with E-state index < -0.39 is 5.82 Å². The molecule has 0 aromatic carbocycles. The molecule has 25 heavy (non-hydrogen) atoms. The van der Waals surface area contributed by atoms with Crippen LogP contribution in [-0.4, -0.2) is 69.6 Å². The van der Waals surface area contributed by atoms with E-state index in [0.717, 1.165) is 45.7 Å². The van der Waals surface area contributed by atoms with Gasteiger partial charge in [-0.2, -0.15) is 5.10 Å². The molecular formula is C17H23FN6O. The number of halogens is 1.